The molecule has 1 atom stereocenters. The maximum Gasteiger partial charge on any atom is 0.330 e. The van der Waals surface area contributed by atoms with Gasteiger partial charge in [0.25, 0.3) is 0 Å². The second kappa shape index (κ2) is 5.32. The molecule has 2 N–H and O–H groups in total. The van der Waals surface area contributed by atoms with Crippen molar-refractivity contribution >= 4 is 23.3 Å². The van der Waals surface area contributed by atoms with Crippen LogP contribution in [0.15, 0.2) is 30.5 Å². The van der Waals surface area contributed by atoms with Crippen LogP contribution >= 0.6 is 11.6 Å². The van der Waals surface area contributed by atoms with E-state index < -0.39 is 12.0 Å². The SMILES string of the molecule is Cc1nn(C)cc1C(Nc1cccc(Cl)c1)C(=O)O. The van der Waals surface area contributed by atoms with Crippen molar-refractivity contribution in [1.29, 1.82) is 0 Å². The zero-order chi connectivity index (χ0) is 14.0. The van der Waals surface area contributed by atoms with Crippen LogP contribution < -0.4 is 5.32 Å². The molecular formula is C13H14ClN3O2. The zero-order valence-corrected chi connectivity index (χ0v) is 11.3. The molecule has 1 aromatic heterocycles. The molecule has 0 aliphatic heterocycles. The normalized spacial score (nSPS) is 12.2. The lowest BCUT2D eigenvalue weighted by atomic mass is 10.1. The summed E-state index contributed by atoms with van der Waals surface area (Å²) in [7, 11) is 1.76. The van der Waals surface area contributed by atoms with E-state index in [1.54, 1.807) is 49.1 Å². The number of aryl methyl sites for hydroxylation is 2. The van der Waals surface area contributed by atoms with Gasteiger partial charge in [0.15, 0.2) is 6.04 Å². The van der Waals surface area contributed by atoms with Gasteiger partial charge < -0.3 is 10.4 Å². The van der Waals surface area contributed by atoms with Crippen LogP contribution in [0.1, 0.15) is 17.3 Å². The largest absolute Gasteiger partial charge is 0.479 e. The molecule has 5 nitrogen and oxygen atoms in total. The van der Waals surface area contributed by atoms with Gasteiger partial charge in [-0.25, -0.2) is 4.79 Å². The molecule has 6 heteroatoms. The predicted molar refractivity (Wildman–Crippen MR) is 73.4 cm³/mol. The number of hydrogen-bond acceptors (Lipinski definition) is 3. The van der Waals surface area contributed by atoms with Gasteiger partial charge in [0.05, 0.1) is 5.69 Å². The molecule has 0 saturated heterocycles. The summed E-state index contributed by atoms with van der Waals surface area (Å²) < 4.78 is 1.60. The van der Waals surface area contributed by atoms with Crippen molar-refractivity contribution in [2.45, 2.75) is 13.0 Å². The molecule has 2 rings (SSSR count). The number of anilines is 1. The minimum absolute atomic E-state index is 0.553. The number of halogens is 1. The van der Waals surface area contributed by atoms with Crippen LogP contribution in [0.25, 0.3) is 0 Å². The lowest BCUT2D eigenvalue weighted by Crippen LogP contribution is -2.20. The minimum Gasteiger partial charge on any atom is -0.479 e. The number of aromatic nitrogens is 2. The van der Waals surface area contributed by atoms with E-state index in [4.69, 9.17) is 11.6 Å². The first-order valence-electron chi connectivity index (χ1n) is 5.72. The van der Waals surface area contributed by atoms with Crippen molar-refractivity contribution in [3.63, 3.8) is 0 Å². The van der Waals surface area contributed by atoms with Gasteiger partial charge in [-0.15, -0.1) is 0 Å². The molecule has 0 aliphatic rings. The molecule has 1 aromatic carbocycles. The van der Waals surface area contributed by atoms with Gasteiger partial charge in [0.1, 0.15) is 0 Å². The van der Waals surface area contributed by atoms with E-state index >= 15 is 0 Å². The van der Waals surface area contributed by atoms with Gasteiger partial charge in [0, 0.05) is 29.5 Å². The van der Waals surface area contributed by atoms with Crippen molar-refractivity contribution in [1.82, 2.24) is 9.78 Å². The van der Waals surface area contributed by atoms with Crippen LogP contribution in [-0.2, 0) is 11.8 Å². The van der Waals surface area contributed by atoms with Crippen LogP contribution in [0.4, 0.5) is 5.69 Å². The third-order valence-electron chi connectivity index (χ3n) is 2.75. The highest BCUT2D eigenvalue weighted by Crippen LogP contribution is 2.24. The van der Waals surface area contributed by atoms with Crippen molar-refractivity contribution in [2.24, 2.45) is 7.05 Å². The summed E-state index contributed by atoms with van der Waals surface area (Å²) in [5.41, 5.74) is 1.97. The van der Waals surface area contributed by atoms with E-state index in [-0.39, 0.29) is 0 Å². The third kappa shape index (κ3) is 3.06. The first-order valence-corrected chi connectivity index (χ1v) is 6.10. The smallest absolute Gasteiger partial charge is 0.330 e. The lowest BCUT2D eigenvalue weighted by Gasteiger charge is -2.15. The Morgan fingerprint density at radius 1 is 1.53 bits per heavy atom. The van der Waals surface area contributed by atoms with E-state index in [9.17, 15) is 9.90 Å². The first-order chi connectivity index (χ1) is 8.97. The lowest BCUT2D eigenvalue weighted by molar-refractivity contribution is -0.138. The average Bonchev–Trinajstić information content (AvgIpc) is 2.65. The van der Waals surface area contributed by atoms with E-state index in [0.29, 0.717) is 22.0 Å². The molecule has 1 heterocycles. The fourth-order valence-corrected chi connectivity index (χ4v) is 2.11. The molecule has 0 radical (unpaired) electrons. The van der Waals surface area contributed by atoms with E-state index in [1.165, 1.54) is 0 Å². The van der Waals surface area contributed by atoms with E-state index in [0.717, 1.165) is 0 Å². The van der Waals surface area contributed by atoms with Gasteiger partial charge in [-0.05, 0) is 25.1 Å². The maximum atomic E-state index is 11.4. The number of carboxylic acid groups (broad SMARTS) is 1. The summed E-state index contributed by atoms with van der Waals surface area (Å²) >= 11 is 5.89. The Morgan fingerprint density at radius 2 is 2.26 bits per heavy atom. The van der Waals surface area contributed by atoms with Gasteiger partial charge in [-0.3, -0.25) is 4.68 Å². The van der Waals surface area contributed by atoms with E-state index in [1.807, 2.05) is 0 Å². The van der Waals surface area contributed by atoms with Gasteiger partial charge in [0.2, 0.25) is 0 Å². The number of nitrogens with one attached hydrogen (secondary N) is 1. The fourth-order valence-electron chi connectivity index (χ4n) is 1.92. The Bertz CT molecular complexity index is 610. The predicted octanol–water partition coefficient (Wildman–Crippen LogP) is 2.62. The van der Waals surface area contributed by atoms with Crippen LogP contribution in [0.3, 0.4) is 0 Å². The highest BCUT2D eigenvalue weighted by Gasteiger charge is 2.23. The number of benzene rings is 1. The van der Waals surface area contributed by atoms with Crippen molar-refractivity contribution in [2.75, 3.05) is 5.32 Å². The quantitative estimate of drug-likeness (QED) is 0.903. The molecule has 2 aromatic rings. The highest BCUT2D eigenvalue weighted by molar-refractivity contribution is 6.30. The highest BCUT2D eigenvalue weighted by atomic mass is 35.5. The molecular weight excluding hydrogens is 266 g/mol. The molecule has 1 unspecified atom stereocenters. The van der Waals surface area contributed by atoms with Gasteiger partial charge >= 0.3 is 5.97 Å². The maximum absolute atomic E-state index is 11.4. The summed E-state index contributed by atoms with van der Waals surface area (Å²) in [6.07, 6.45) is 1.70. The minimum atomic E-state index is -0.962. The second-order valence-corrected chi connectivity index (χ2v) is 4.71. The summed E-state index contributed by atoms with van der Waals surface area (Å²) in [6, 6.07) is 6.10. The number of hydrogen-bond donors (Lipinski definition) is 2. The Hall–Kier alpha value is -2.01. The number of aliphatic carboxylic acids is 1. The topological polar surface area (TPSA) is 67.2 Å². The molecule has 0 fully saturated rings. The average molecular weight is 280 g/mol. The standard InChI is InChI=1S/C13H14ClN3O2/c1-8-11(7-17(2)16-8)12(13(18)19)15-10-5-3-4-9(14)6-10/h3-7,12,15H,1-2H3,(H,18,19). The van der Waals surface area contributed by atoms with E-state index in [2.05, 4.69) is 10.4 Å². The monoisotopic (exact) mass is 279 g/mol. The van der Waals surface area contributed by atoms with Gasteiger partial charge in [-0.1, -0.05) is 17.7 Å². The van der Waals surface area contributed by atoms with Crippen molar-refractivity contribution in [3.8, 4) is 0 Å². The van der Waals surface area contributed by atoms with Crippen LogP contribution in [0.5, 0.6) is 0 Å². The number of rotatable bonds is 4. The number of nitrogens with zero attached hydrogens (tertiary/aromatic N) is 2. The molecule has 0 bridgehead atoms. The number of carbonyl (C=O) groups is 1. The third-order valence-corrected chi connectivity index (χ3v) is 2.98. The van der Waals surface area contributed by atoms with Crippen molar-refractivity contribution in [3.05, 3.63) is 46.7 Å². The second-order valence-electron chi connectivity index (χ2n) is 4.27. The number of carboxylic acids is 1. The molecule has 0 spiro atoms. The Labute approximate surface area is 115 Å². The molecule has 0 aliphatic carbocycles. The summed E-state index contributed by atoms with van der Waals surface area (Å²) in [4.78, 5) is 11.4. The van der Waals surface area contributed by atoms with Gasteiger partial charge in [-0.2, -0.15) is 5.10 Å². The molecule has 100 valence electrons. The van der Waals surface area contributed by atoms with Crippen LogP contribution in [0, 0.1) is 6.92 Å². The Morgan fingerprint density at radius 3 is 2.79 bits per heavy atom. The summed E-state index contributed by atoms with van der Waals surface area (Å²) in [5, 5.41) is 17.0. The molecule has 0 amide bonds. The van der Waals surface area contributed by atoms with Crippen LogP contribution in [-0.4, -0.2) is 20.9 Å². The molecule has 19 heavy (non-hydrogen) atoms. The summed E-state index contributed by atoms with van der Waals surface area (Å²) in [5.74, 6) is -0.962. The zero-order valence-electron chi connectivity index (χ0n) is 10.6. The fraction of sp³-hybridized carbons (Fsp3) is 0.231. The van der Waals surface area contributed by atoms with Crippen molar-refractivity contribution < 1.29 is 9.90 Å². The Balaban J connectivity index is 2.32. The molecule has 0 saturated carbocycles. The van der Waals surface area contributed by atoms with Crippen LogP contribution in [0.2, 0.25) is 5.02 Å². The first kappa shape index (κ1) is 13.4. The Kier molecular flexibility index (Phi) is 3.76. The summed E-state index contributed by atoms with van der Waals surface area (Å²) in [6.45, 7) is 1.78.